The number of para-hydroxylation sites is 1. The normalized spacial score (nSPS) is 14.9. The number of ketones is 1. The van der Waals surface area contributed by atoms with Crippen LogP contribution in [-0.2, 0) is 11.2 Å². The summed E-state index contributed by atoms with van der Waals surface area (Å²) in [6, 6.07) is 16.6. The molecule has 1 aliphatic heterocycles. The van der Waals surface area contributed by atoms with Gasteiger partial charge in [-0.25, -0.2) is 9.78 Å². The number of allylic oxidation sites excluding steroid dienone is 1. The van der Waals surface area contributed by atoms with Crippen LogP contribution in [0.25, 0.3) is 22.6 Å². The zero-order valence-electron chi connectivity index (χ0n) is 18.4. The first-order chi connectivity index (χ1) is 17.1. The van der Waals surface area contributed by atoms with E-state index < -0.39 is 5.97 Å². The summed E-state index contributed by atoms with van der Waals surface area (Å²) in [6.07, 6.45) is 3.46. The van der Waals surface area contributed by atoms with E-state index in [1.165, 1.54) is 0 Å². The Morgan fingerprint density at radius 2 is 1.91 bits per heavy atom. The van der Waals surface area contributed by atoms with Gasteiger partial charge in [-0.15, -0.1) is 11.3 Å². The number of Topliss-reactive ketones (excluding diaryl/α,β-unsaturated/α-hetero) is 1. The molecule has 1 aliphatic carbocycles. The molecule has 0 unspecified atom stereocenters. The molecule has 2 aromatic carbocycles. The Labute approximate surface area is 209 Å². The molecule has 6 nitrogen and oxygen atoms in total. The Bertz CT molecular complexity index is 1540. The van der Waals surface area contributed by atoms with Crippen LogP contribution in [0.3, 0.4) is 0 Å². The molecule has 6 rings (SSSR count). The van der Waals surface area contributed by atoms with Gasteiger partial charge >= 0.3 is 5.97 Å². The highest BCUT2D eigenvalue weighted by Crippen LogP contribution is 2.39. The van der Waals surface area contributed by atoms with Gasteiger partial charge in [-0.05, 0) is 65.9 Å². The second-order valence-electron chi connectivity index (χ2n) is 8.22. The van der Waals surface area contributed by atoms with Crippen molar-refractivity contribution in [3.63, 3.8) is 0 Å². The van der Waals surface area contributed by atoms with Crippen molar-refractivity contribution < 1.29 is 23.8 Å². The molecule has 174 valence electrons. The van der Waals surface area contributed by atoms with Gasteiger partial charge in [-0.1, -0.05) is 35.9 Å². The van der Waals surface area contributed by atoms with Crippen LogP contribution >= 0.6 is 22.9 Å². The van der Waals surface area contributed by atoms with Gasteiger partial charge in [0.05, 0.1) is 26.0 Å². The first-order valence-corrected chi connectivity index (χ1v) is 12.2. The highest BCUT2D eigenvalue weighted by molar-refractivity contribution is 7.18. The van der Waals surface area contributed by atoms with Crippen LogP contribution in [0.4, 0.5) is 0 Å². The number of pyridine rings is 1. The number of benzene rings is 2. The average Bonchev–Trinajstić information content (AvgIpc) is 3.61. The number of fused-ring (bicyclic) bond motifs is 3. The summed E-state index contributed by atoms with van der Waals surface area (Å²) in [5, 5.41) is 0.715. The molecule has 0 saturated heterocycles. The molecule has 0 bridgehead atoms. The first-order valence-electron chi connectivity index (χ1n) is 11.0. The van der Waals surface area contributed by atoms with E-state index in [2.05, 4.69) is 6.08 Å². The van der Waals surface area contributed by atoms with E-state index in [1.807, 2.05) is 42.5 Å². The molecule has 0 spiro atoms. The Balaban J connectivity index is 1.35. The van der Waals surface area contributed by atoms with Crippen molar-refractivity contribution in [1.82, 2.24) is 4.98 Å². The van der Waals surface area contributed by atoms with Crippen molar-refractivity contribution in [3.8, 4) is 11.5 Å². The minimum atomic E-state index is -0.528. The lowest BCUT2D eigenvalue weighted by atomic mass is 10.0. The van der Waals surface area contributed by atoms with E-state index in [9.17, 15) is 9.59 Å². The molecule has 4 aromatic rings. The SMILES string of the molecule is O=C(COC(=O)c1c2c(nc3ccccc13)/C(=C/c1ccc3c(c1)OCO3)CC2)c1ccc(Cl)s1. The van der Waals surface area contributed by atoms with Gasteiger partial charge in [0.1, 0.15) is 0 Å². The summed E-state index contributed by atoms with van der Waals surface area (Å²) in [6.45, 7) is -0.125. The number of halogens is 1. The fraction of sp³-hybridized carbons (Fsp3) is 0.148. The Kier molecular flexibility index (Phi) is 5.51. The second kappa shape index (κ2) is 8.83. The maximum absolute atomic E-state index is 13.3. The van der Waals surface area contributed by atoms with Crippen LogP contribution in [0.1, 0.15) is 43.3 Å². The number of rotatable bonds is 5. The quantitative estimate of drug-likeness (QED) is 0.238. The maximum Gasteiger partial charge on any atom is 0.339 e. The number of nitrogens with zero attached hydrogens (tertiary/aromatic N) is 1. The molecule has 2 aromatic heterocycles. The number of hydrogen-bond acceptors (Lipinski definition) is 7. The topological polar surface area (TPSA) is 74.7 Å². The predicted octanol–water partition coefficient (Wildman–Crippen LogP) is 6.20. The molecule has 35 heavy (non-hydrogen) atoms. The minimum Gasteiger partial charge on any atom is -0.454 e. The summed E-state index contributed by atoms with van der Waals surface area (Å²) >= 11 is 7.09. The standard InChI is InChI=1S/C27H18ClNO5S/c28-24-10-9-23(35-24)20(30)13-32-27(31)25-17-3-1-2-4-19(17)29-26-16(6-7-18(25)26)11-15-5-8-21-22(12-15)34-14-33-21/h1-5,8-12H,6-7,13-14H2/b16-11+. The van der Waals surface area contributed by atoms with Gasteiger partial charge in [0.25, 0.3) is 0 Å². The third-order valence-electron chi connectivity index (χ3n) is 6.07. The van der Waals surface area contributed by atoms with Crippen molar-refractivity contribution in [2.24, 2.45) is 0 Å². The van der Waals surface area contributed by atoms with Crippen LogP contribution in [0.2, 0.25) is 4.34 Å². The van der Waals surface area contributed by atoms with E-state index in [-0.39, 0.29) is 19.2 Å². The summed E-state index contributed by atoms with van der Waals surface area (Å²) in [5.41, 5.74) is 4.79. The van der Waals surface area contributed by atoms with Gasteiger partial charge in [0.15, 0.2) is 18.1 Å². The highest BCUT2D eigenvalue weighted by Gasteiger charge is 2.28. The van der Waals surface area contributed by atoms with Crippen LogP contribution in [-0.4, -0.2) is 30.1 Å². The zero-order valence-corrected chi connectivity index (χ0v) is 19.9. The predicted molar refractivity (Wildman–Crippen MR) is 134 cm³/mol. The summed E-state index contributed by atoms with van der Waals surface area (Å²) < 4.78 is 16.9. The third kappa shape index (κ3) is 4.07. The van der Waals surface area contributed by atoms with E-state index in [0.717, 1.165) is 45.9 Å². The molecular formula is C27H18ClNO5S. The number of hydrogen-bond donors (Lipinski definition) is 0. The number of aromatic nitrogens is 1. The maximum atomic E-state index is 13.3. The van der Waals surface area contributed by atoms with E-state index in [0.29, 0.717) is 37.9 Å². The highest BCUT2D eigenvalue weighted by atomic mass is 35.5. The third-order valence-corrected chi connectivity index (χ3v) is 7.34. The minimum absolute atomic E-state index is 0.221. The Morgan fingerprint density at radius 1 is 1.06 bits per heavy atom. The van der Waals surface area contributed by atoms with Crippen molar-refractivity contribution >= 4 is 57.2 Å². The van der Waals surface area contributed by atoms with Crippen LogP contribution in [0.5, 0.6) is 11.5 Å². The van der Waals surface area contributed by atoms with Gasteiger partial charge in [-0.2, -0.15) is 0 Å². The first kappa shape index (κ1) is 21.8. The van der Waals surface area contributed by atoms with Gasteiger partial charge in [0.2, 0.25) is 12.6 Å². The summed E-state index contributed by atoms with van der Waals surface area (Å²) in [5.74, 6) is 0.631. The van der Waals surface area contributed by atoms with E-state index in [4.69, 9.17) is 30.8 Å². The molecule has 2 aliphatic rings. The smallest absolute Gasteiger partial charge is 0.339 e. The number of thiophene rings is 1. The molecule has 0 fully saturated rings. The van der Waals surface area contributed by atoms with Crippen molar-refractivity contribution in [2.45, 2.75) is 12.8 Å². The molecule has 8 heteroatoms. The lowest BCUT2D eigenvalue weighted by molar-refractivity contribution is 0.0476. The van der Waals surface area contributed by atoms with Crippen LogP contribution in [0, 0.1) is 0 Å². The van der Waals surface area contributed by atoms with E-state index >= 15 is 0 Å². The largest absolute Gasteiger partial charge is 0.454 e. The monoisotopic (exact) mass is 503 g/mol. The molecule has 0 amide bonds. The lowest BCUT2D eigenvalue weighted by Crippen LogP contribution is -2.15. The van der Waals surface area contributed by atoms with Gasteiger partial charge in [0, 0.05) is 5.39 Å². The Morgan fingerprint density at radius 3 is 2.77 bits per heavy atom. The molecule has 0 atom stereocenters. The van der Waals surface area contributed by atoms with Gasteiger partial charge < -0.3 is 14.2 Å². The summed E-state index contributed by atoms with van der Waals surface area (Å²) in [7, 11) is 0. The number of carbonyl (C=O) groups excluding carboxylic acids is 2. The van der Waals surface area contributed by atoms with Crippen molar-refractivity contribution in [3.05, 3.63) is 86.2 Å². The second-order valence-corrected chi connectivity index (χ2v) is 9.93. The number of esters is 1. The number of carbonyl (C=O) groups is 2. The van der Waals surface area contributed by atoms with Gasteiger partial charge in [-0.3, -0.25) is 4.79 Å². The Hall–Kier alpha value is -3.68. The molecule has 0 N–H and O–H groups in total. The molecule has 0 saturated carbocycles. The summed E-state index contributed by atoms with van der Waals surface area (Å²) in [4.78, 5) is 31.1. The van der Waals surface area contributed by atoms with Crippen molar-refractivity contribution in [2.75, 3.05) is 13.4 Å². The average molecular weight is 504 g/mol. The fourth-order valence-electron chi connectivity index (χ4n) is 4.45. The van der Waals surface area contributed by atoms with E-state index in [1.54, 1.807) is 12.1 Å². The van der Waals surface area contributed by atoms with Crippen LogP contribution < -0.4 is 9.47 Å². The lowest BCUT2D eigenvalue weighted by Gasteiger charge is -2.12. The van der Waals surface area contributed by atoms with Crippen molar-refractivity contribution in [1.29, 1.82) is 0 Å². The van der Waals surface area contributed by atoms with Crippen LogP contribution in [0.15, 0.2) is 54.6 Å². The molecule has 0 radical (unpaired) electrons. The molecule has 3 heterocycles. The fourth-order valence-corrected chi connectivity index (χ4v) is 5.42. The zero-order chi connectivity index (χ0) is 23.9. The number of ether oxygens (including phenoxy) is 3. The molecular weight excluding hydrogens is 486 g/mol.